The van der Waals surface area contributed by atoms with Crippen LogP contribution in [0, 0.1) is 0 Å². The second-order valence-electron chi connectivity index (χ2n) is 6.69. The fourth-order valence-electron chi connectivity index (χ4n) is 2.89. The summed E-state index contributed by atoms with van der Waals surface area (Å²) in [6, 6.07) is 11.1. The summed E-state index contributed by atoms with van der Waals surface area (Å²) in [5.41, 5.74) is 0.982. The molecule has 10 nitrogen and oxygen atoms in total. The first kappa shape index (κ1) is 23.6. The monoisotopic (exact) mass is 473 g/mol. The molecule has 0 aliphatic carbocycles. The van der Waals surface area contributed by atoms with Crippen LogP contribution in [-0.4, -0.2) is 56.1 Å². The summed E-state index contributed by atoms with van der Waals surface area (Å²) < 4.78 is 15.3. The third kappa shape index (κ3) is 5.80. The average molecular weight is 474 g/mol. The zero-order valence-electron chi connectivity index (χ0n) is 17.7. The molecule has 0 radical (unpaired) electrons. The number of carbonyl (C=O) groups excluding carboxylic acids is 4. The second-order valence-corrected chi connectivity index (χ2v) is 7.10. The van der Waals surface area contributed by atoms with Crippen molar-refractivity contribution in [1.82, 2.24) is 10.2 Å². The predicted octanol–water partition coefficient (Wildman–Crippen LogP) is 2.43. The standard InChI is InChI=1S/C22H20ClN3O7/c1-31-17-10-13(9-16-21(29)26(22(30)25-16)11-19(28)32-2)8-15(23)20(17)33-12-18(27)24-14-6-4-3-5-7-14/h3-10H,11-12H2,1-2H3,(H,24,27)(H,25,30)/b16-9+. The van der Waals surface area contributed by atoms with Gasteiger partial charge in [0.05, 0.1) is 19.2 Å². The molecule has 172 valence electrons. The third-order valence-corrected chi connectivity index (χ3v) is 4.73. The molecular weight excluding hydrogens is 454 g/mol. The SMILES string of the molecule is COC(=O)CN1C(=O)N/C(=C/c2cc(Cl)c(OCC(=O)Nc3ccccc3)c(OC)c2)C1=O. The van der Waals surface area contributed by atoms with Gasteiger partial charge in [-0.05, 0) is 35.9 Å². The highest BCUT2D eigenvalue weighted by Gasteiger charge is 2.35. The number of nitrogens with one attached hydrogen (secondary N) is 2. The van der Waals surface area contributed by atoms with E-state index in [4.69, 9.17) is 21.1 Å². The van der Waals surface area contributed by atoms with Crippen LogP contribution >= 0.6 is 11.6 Å². The van der Waals surface area contributed by atoms with Gasteiger partial charge in [0.1, 0.15) is 12.2 Å². The van der Waals surface area contributed by atoms with Gasteiger partial charge in [0.2, 0.25) is 0 Å². The van der Waals surface area contributed by atoms with Crippen molar-refractivity contribution < 1.29 is 33.4 Å². The van der Waals surface area contributed by atoms with E-state index in [1.54, 1.807) is 24.3 Å². The topological polar surface area (TPSA) is 123 Å². The van der Waals surface area contributed by atoms with Gasteiger partial charge in [0.25, 0.3) is 11.8 Å². The number of urea groups is 1. The van der Waals surface area contributed by atoms with Gasteiger partial charge in [0.15, 0.2) is 18.1 Å². The molecule has 33 heavy (non-hydrogen) atoms. The van der Waals surface area contributed by atoms with Crippen LogP contribution in [0.2, 0.25) is 5.02 Å². The number of anilines is 1. The van der Waals surface area contributed by atoms with Crippen molar-refractivity contribution in [2.24, 2.45) is 0 Å². The van der Waals surface area contributed by atoms with E-state index in [2.05, 4.69) is 15.4 Å². The predicted molar refractivity (Wildman–Crippen MR) is 119 cm³/mol. The lowest BCUT2D eigenvalue weighted by Crippen LogP contribution is -2.36. The number of imide groups is 1. The minimum Gasteiger partial charge on any atom is -0.493 e. The number of hydrogen-bond acceptors (Lipinski definition) is 7. The summed E-state index contributed by atoms with van der Waals surface area (Å²) in [4.78, 5) is 48.7. The molecule has 11 heteroatoms. The van der Waals surface area contributed by atoms with Crippen molar-refractivity contribution in [2.75, 3.05) is 32.7 Å². The first-order valence-electron chi connectivity index (χ1n) is 9.59. The van der Waals surface area contributed by atoms with Gasteiger partial charge in [-0.2, -0.15) is 0 Å². The highest BCUT2D eigenvalue weighted by molar-refractivity contribution is 6.32. The zero-order valence-corrected chi connectivity index (χ0v) is 18.5. The summed E-state index contributed by atoms with van der Waals surface area (Å²) >= 11 is 6.31. The quantitative estimate of drug-likeness (QED) is 0.343. The number of benzene rings is 2. The lowest BCUT2D eigenvalue weighted by molar-refractivity contribution is -0.143. The summed E-state index contributed by atoms with van der Waals surface area (Å²) in [7, 11) is 2.54. The summed E-state index contributed by atoms with van der Waals surface area (Å²) in [5.74, 6) is -1.47. The summed E-state index contributed by atoms with van der Waals surface area (Å²) in [5, 5.41) is 5.20. The molecule has 1 saturated heterocycles. The number of hydrogen-bond donors (Lipinski definition) is 2. The summed E-state index contributed by atoms with van der Waals surface area (Å²) in [6.07, 6.45) is 1.37. The van der Waals surface area contributed by atoms with E-state index in [-0.39, 0.29) is 28.8 Å². The van der Waals surface area contributed by atoms with Gasteiger partial charge in [-0.15, -0.1) is 0 Å². The maximum Gasteiger partial charge on any atom is 0.329 e. The summed E-state index contributed by atoms with van der Waals surface area (Å²) in [6.45, 7) is -0.831. The van der Waals surface area contributed by atoms with Crippen LogP contribution in [0.15, 0.2) is 48.2 Å². The lowest BCUT2D eigenvalue weighted by atomic mass is 10.1. The van der Waals surface area contributed by atoms with Gasteiger partial charge in [-0.3, -0.25) is 14.4 Å². The molecule has 0 bridgehead atoms. The number of ether oxygens (including phenoxy) is 3. The van der Waals surface area contributed by atoms with Crippen molar-refractivity contribution in [2.45, 2.75) is 0 Å². The Morgan fingerprint density at radius 1 is 1.15 bits per heavy atom. The first-order valence-corrected chi connectivity index (χ1v) is 9.96. The molecule has 4 amide bonds. The van der Waals surface area contributed by atoms with Crippen molar-refractivity contribution in [3.63, 3.8) is 0 Å². The molecule has 1 aliphatic heterocycles. The van der Waals surface area contributed by atoms with Crippen LogP contribution in [0.4, 0.5) is 10.5 Å². The Morgan fingerprint density at radius 2 is 1.88 bits per heavy atom. The number of amides is 4. The second kappa shape index (κ2) is 10.5. The van der Waals surface area contributed by atoms with Crippen LogP contribution in [-0.2, 0) is 19.1 Å². The maximum atomic E-state index is 12.4. The molecule has 1 heterocycles. The normalized spacial score (nSPS) is 14.2. The average Bonchev–Trinajstić information content (AvgIpc) is 3.05. The van der Waals surface area contributed by atoms with Crippen molar-refractivity contribution in [3.05, 3.63) is 58.7 Å². The van der Waals surface area contributed by atoms with Crippen molar-refractivity contribution >= 4 is 47.2 Å². The largest absolute Gasteiger partial charge is 0.493 e. The van der Waals surface area contributed by atoms with E-state index in [0.29, 0.717) is 11.3 Å². The van der Waals surface area contributed by atoms with Gasteiger partial charge in [0, 0.05) is 5.69 Å². The minimum absolute atomic E-state index is 0.0575. The van der Waals surface area contributed by atoms with Crippen LogP contribution < -0.4 is 20.1 Å². The number of para-hydroxylation sites is 1. The van der Waals surface area contributed by atoms with Crippen LogP contribution in [0.5, 0.6) is 11.5 Å². The van der Waals surface area contributed by atoms with Gasteiger partial charge >= 0.3 is 12.0 Å². The van der Waals surface area contributed by atoms with Crippen molar-refractivity contribution in [1.29, 1.82) is 0 Å². The molecule has 1 aliphatic rings. The molecule has 0 unspecified atom stereocenters. The smallest absolute Gasteiger partial charge is 0.329 e. The molecular formula is C22H20ClN3O7. The highest BCUT2D eigenvalue weighted by Crippen LogP contribution is 2.37. The van der Waals surface area contributed by atoms with Crippen LogP contribution in [0.1, 0.15) is 5.56 Å². The van der Waals surface area contributed by atoms with Gasteiger partial charge < -0.3 is 24.8 Å². The Hall–Kier alpha value is -4.05. The zero-order chi connectivity index (χ0) is 24.0. The van der Waals surface area contributed by atoms with Gasteiger partial charge in [-0.25, -0.2) is 9.69 Å². The molecule has 2 N–H and O–H groups in total. The fraction of sp³-hybridized carbons (Fsp3) is 0.182. The number of esters is 1. The molecule has 0 atom stereocenters. The maximum absolute atomic E-state index is 12.4. The number of halogens is 1. The van der Waals surface area contributed by atoms with E-state index in [9.17, 15) is 19.2 Å². The Kier molecular flexibility index (Phi) is 7.52. The fourth-order valence-corrected chi connectivity index (χ4v) is 3.17. The van der Waals surface area contributed by atoms with E-state index < -0.39 is 30.4 Å². The minimum atomic E-state index is -0.751. The van der Waals surface area contributed by atoms with E-state index in [0.717, 1.165) is 12.0 Å². The Morgan fingerprint density at radius 3 is 2.55 bits per heavy atom. The number of nitrogens with zero attached hydrogens (tertiary/aromatic N) is 1. The van der Waals surface area contributed by atoms with Crippen LogP contribution in [0.3, 0.4) is 0 Å². The molecule has 0 aromatic heterocycles. The number of carbonyl (C=O) groups is 4. The van der Waals surface area contributed by atoms with Crippen molar-refractivity contribution in [3.8, 4) is 11.5 Å². The molecule has 1 fully saturated rings. The third-order valence-electron chi connectivity index (χ3n) is 4.45. The molecule has 0 spiro atoms. The molecule has 0 saturated carbocycles. The molecule has 2 aromatic rings. The Balaban J connectivity index is 1.73. The number of rotatable bonds is 8. The molecule has 3 rings (SSSR count). The van der Waals surface area contributed by atoms with E-state index in [1.165, 1.54) is 25.3 Å². The Labute approximate surface area is 194 Å². The lowest BCUT2D eigenvalue weighted by Gasteiger charge is -2.13. The molecule has 2 aromatic carbocycles. The number of methoxy groups -OCH3 is 2. The van der Waals surface area contributed by atoms with Crippen LogP contribution in [0.25, 0.3) is 6.08 Å². The Bertz CT molecular complexity index is 1120. The highest BCUT2D eigenvalue weighted by atomic mass is 35.5. The first-order chi connectivity index (χ1) is 15.8. The van der Waals surface area contributed by atoms with E-state index in [1.807, 2.05) is 6.07 Å². The van der Waals surface area contributed by atoms with E-state index >= 15 is 0 Å². The van der Waals surface area contributed by atoms with Gasteiger partial charge in [-0.1, -0.05) is 29.8 Å².